The highest BCUT2D eigenvalue weighted by atomic mass is 19.3. The quantitative estimate of drug-likeness (QED) is 0.446. The second-order valence-electron chi connectivity index (χ2n) is 12.7. The molecule has 4 aliphatic heterocycles. The van der Waals surface area contributed by atoms with Crippen LogP contribution >= 0.6 is 0 Å². The van der Waals surface area contributed by atoms with Gasteiger partial charge in [-0.2, -0.15) is 0 Å². The van der Waals surface area contributed by atoms with Crippen LogP contribution in [0.5, 0.6) is 5.75 Å². The normalized spacial score (nSPS) is 25.3. The van der Waals surface area contributed by atoms with Crippen LogP contribution < -0.4 is 9.64 Å². The lowest BCUT2D eigenvalue weighted by Gasteiger charge is -2.46. The molecule has 40 heavy (non-hydrogen) atoms. The van der Waals surface area contributed by atoms with Crippen molar-refractivity contribution in [3.8, 4) is 5.75 Å². The number of carbonyl (C=O) groups is 1. The van der Waals surface area contributed by atoms with Crippen molar-refractivity contribution in [3.05, 3.63) is 23.3 Å². The summed E-state index contributed by atoms with van der Waals surface area (Å²) in [5, 5.41) is 4.47. The standard InChI is InChI=1S/C30H42F2N4O4/c1-4-39-27(37)28(2)7-11-36(12-8-28)26-17-29(40-33-26)19-34(20-29)18-22-15-23(21-5-6-21)24(16-25(22)38-3)35-13-9-30(31,32)10-14-35/h15-16,21H,4-14,17-20H2,1-3H3. The molecule has 4 fully saturated rings. The number of benzene rings is 1. The van der Waals surface area contributed by atoms with Gasteiger partial charge in [0.05, 0.1) is 25.6 Å². The molecule has 5 aliphatic rings. The second-order valence-corrected chi connectivity index (χ2v) is 12.7. The summed E-state index contributed by atoms with van der Waals surface area (Å²) in [5.41, 5.74) is 2.77. The van der Waals surface area contributed by atoms with Crippen LogP contribution in [0.4, 0.5) is 14.5 Å². The summed E-state index contributed by atoms with van der Waals surface area (Å²) >= 11 is 0. The number of alkyl halides is 2. The Bertz CT molecular complexity index is 1150. The van der Waals surface area contributed by atoms with Gasteiger partial charge in [0.25, 0.3) is 5.92 Å². The molecule has 0 bridgehead atoms. The lowest BCUT2D eigenvalue weighted by molar-refractivity contribution is -0.156. The molecule has 0 aromatic heterocycles. The third-order valence-corrected chi connectivity index (χ3v) is 9.53. The lowest BCUT2D eigenvalue weighted by Crippen LogP contribution is -2.61. The number of amidine groups is 1. The molecule has 3 saturated heterocycles. The first-order chi connectivity index (χ1) is 19.1. The van der Waals surface area contributed by atoms with Gasteiger partial charge >= 0.3 is 5.97 Å². The van der Waals surface area contributed by atoms with Gasteiger partial charge in [-0.05, 0) is 57.1 Å². The van der Waals surface area contributed by atoms with Crippen molar-refractivity contribution >= 4 is 17.5 Å². The molecule has 0 unspecified atom stereocenters. The molecular weight excluding hydrogens is 518 g/mol. The number of rotatable bonds is 7. The number of anilines is 1. The first-order valence-electron chi connectivity index (χ1n) is 14.9. The Morgan fingerprint density at radius 3 is 2.38 bits per heavy atom. The average molecular weight is 561 g/mol. The average Bonchev–Trinajstić information content (AvgIpc) is 3.67. The van der Waals surface area contributed by atoms with Gasteiger partial charge in [-0.25, -0.2) is 8.78 Å². The van der Waals surface area contributed by atoms with Crippen LogP contribution in [-0.4, -0.2) is 86.1 Å². The monoisotopic (exact) mass is 560 g/mol. The van der Waals surface area contributed by atoms with E-state index in [1.54, 1.807) is 7.11 Å². The van der Waals surface area contributed by atoms with Crippen molar-refractivity contribution in [1.29, 1.82) is 0 Å². The van der Waals surface area contributed by atoms with Crippen molar-refractivity contribution < 1.29 is 27.9 Å². The van der Waals surface area contributed by atoms with Gasteiger partial charge in [0, 0.05) is 76.0 Å². The van der Waals surface area contributed by atoms with Crippen LogP contribution in [0.3, 0.4) is 0 Å². The van der Waals surface area contributed by atoms with Gasteiger partial charge in [0.1, 0.15) is 11.6 Å². The molecule has 0 atom stereocenters. The largest absolute Gasteiger partial charge is 0.496 e. The van der Waals surface area contributed by atoms with Gasteiger partial charge in [-0.15, -0.1) is 0 Å². The highest BCUT2D eigenvalue weighted by Gasteiger charge is 2.51. The van der Waals surface area contributed by atoms with Gasteiger partial charge < -0.3 is 24.1 Å². The van der Waals surface area contributed by atoms with E-state index >= 15 is 0 Å². The van der Waals surface area contributed by atoms with Crippen molar-refractivity contribution in [2.75, 3.05) is 57.9 Å². The Kier molecular flexibility index (Phi) is 7.12. The summed E-state index contributed by atoms with van der Waals surface area (Å²) in [6.07, 6.45) is 4.40. The van der Waals surface area contributed by atoms with E-state index in [2.05, 4.69) is 32.0 Å². The molecule has 0 N–H and O–H groups in total. The van der Waals surface area contributed by atoms with Crippen LogP contribution in [0.15, 0.2) is 17.3 Å². The van der Waals surface area contributed by atoms with E-state index in [1.807, 2.05) is 13.8 Å². The maximum absolute atomic E-state index is 13.8. The Labute approximate surface area is 235 Å². The molecule has 0 radical (unpaired) electrons. The highest BCUT2D eigenvalue weighted by molar-refractivity contribution is 5.85. The molecule has 1 saturated carbocycles. The van der Waals surface area contributed by atoms with Crippen molar-refractivity contribution in [1.82, 2.24) is 9.80 Å². The number of esters is 1. The van der Waals surface area contributed by atoms with Gasteiger partial charge in [-0.1, -0.05) is 5.16 Å². The number of methoxy groups -OCH3 is 1. The van der Waals surface area contributed by atoms with Crippen molar-refractivity contribution in [3.63, 3.8) is 0 Å². The lowest BCUT2D eigenvalue weighted by atomic mass is 9.80. The molecule has 220 valence electrons. The molecular formula is C30H42F2N4O4. The van der Waals surface area contributed by atoms with Crippen LogP contribution in [0.25, 0.3) is 0 Å². The predicted octanol–water partition coefficient (Wildman–Crippen LogP) is 4.76. The molecule has 0 amide bonds. The number of hydrogen-bond donors (Lipinski definition) is 0. The molecule has 1 aromatic rings. The maximum Gasteiger partial charge on any atom is 0.311 e. The van der Waals surface area contributed by atoms with Crippen LogP contribution in [0, 0.1) is 5.41 Å². The molecule has 4 heterocycles. The first-order valence-corrected chi connectivity index (χ1v) is 14.9. The van der Waals surface area contributed by atoms with E-state index in [1.165, 1.54) is 5.56 Å². The summed E-state index contributed by atoms with van der Waals surface area (Å²) in [5.74, 6) is -0.350. The van der Waals surface area contributed by atoms with Gasteiger partial charge in [0.2, 0.25) is 0 Å². The van der Waals surface area contributed by atoms with Crippen molar-refractivity contribution in [2.45, 2.75) is 82.8 Å². The Hall–Kier alpha value is -2.62. The number of carbonyl (C=O) groups excluding carboxylic acids is 1. The highest BCUT2D eigenvalue weighted by Crippen LogP contribution is 2.48. The fourth-order valence-electron chi connectivity index (χ4n) is 6.75. The number of piperidine rings is 2. The maximum atomic E-state index is 13.8. The molecule has 1 aliphatic carbocycles. The number of oxime groups is 1. The van der Waals surface area contributed by atoms with E-state index in [9.17, 15) is 13.6 Å². The summed E-state index contributed by atoms with van der Waals surface area (Å²) < 4.78 is 38.7. The second kappa shape index (κ2) is 10.3. The van der Waals surface area contributed by atoms with Crippen LogP contribution in [0.1, 0.15) is 75.8 Å². The minimum absolute atomic E-state index is 0.0940. The Balaban J connectivity index is 1.06. The molecule has 1 spiro atoms. The number of likely N-dealkylation sites (tertiary alicyclic amines) is 2. The topological polar surface area (TPSA) is 66.8 Å². The number of halogens is 2. The predicted molar refractivity (Wildman–Crippen MR) is 148 cm³/mol. The van der Waals surface area contributed by atoms with E-state index in [-0.39, 0.29) is 24.4 Å². The van der Waals surface area contributed by atoms with Crippen molar-refractivity contribution in [2.24, 2.45) is 10.6 Å². The molecule has 10 heteroatoms. The summed E-state index contributed by atoms with van der Waals surface area (Å²) in [7, 11) is 1.69. The SMILES string of the molecule is CCOC(=O)C1(C)CCN(C2=NOC3(C2)CN(Cc2cc(C4CC4)c(N4CCC(F)(F)CC4)cc2OC)C3)CC1. The number of hydrogen-bond acceptors (Lipinski definition) is 8. The smallest absolute Gasteiger partial charge is 0.311 e. The fourth-order valence-corrected chi connectivity index (χ4v) is 6.75. The minimum Gasteiger partial charge on any atom is -0.496 e. The third-order valence-electron chi connectivity index (χ3n) is 9.53. The molecule has 8 nitrogen and oxygen atoms in total. The fraction of sp³-hybridized carbons (Fsp3) is 0.733. The zero-order valence-electron chi connectivity index (χ0n) is 24.0. The summed E-state index contributed by atoms with van der Waals surface area (Å²) in [6, 6.07) is 4.34. The van der Waals surface area contributed by atoms with E-state index in [4.69, 9.17) is 14.3 Å². The van der Waals surface area contributed by atoms with E-state index < -0.39 is 11.3 Å². The molecule has 6 rings (SSSR count). The Morgan fingerprint density at radius 1 is 1.07 bits per heavy atom. The van der Waals surface area contributed by atoms with Gasteiger partial charge in [0.15, 0.2) is 5.60 Å². The first kappa shape index (κ1) is 27.5. The van der Waals surface area contributed by atoms with Crippen LogP contribution in [0.2, 0.25) is 0 Å². The van der Waals surface area contributed by atoms with E-state index in [0.29, 0.717) is 25.6 Å². The number of ether oxygens (including phenoxy) is 2. The zero-order chi connectivity index (χ0) is 28.1. The summed E-state index contributed by atoms with van der Waals surface area (Å²) in [4.78, 5) is 25.1. The van der Waals surface area contributed by atoms with E-state index in [0.717, 1.165) is 87.7 Å². The molecule has 1 aromatic carbocycles. The Morgan fingerprint density at radius 2 is 1.75 bits per heavy atom. The van der Waals surface area contributed by atoms with Gasteiger partial charge in [-0.3, -0.25) is 9.69 Å². The number of nitrogens with zero attached hydrogens (tertiary/aromatic N) is 4. The minimum atomic E-state index is -2.56. The summed E-state index contributed by atoms with van der Waals surface area (Å²) in [6.45, 7) is 8.91. The zero-order valence-corrected chi connectivity index (χ0v) is 24.0. The van der Waals surface area contributed by atoms with Crippen LogP contribution in [-0.2, 0) is 20.9 Å². The third kappa shape index (κ3) is 5.35.